The summed E-state index contributed by atoms with van der Waals surface area (Å²) in [7, 11) is 0. The molecule has 29 heavy (non-hydrogen) atoms. The number of benzene rings is 2. The van der Waals surface area contributed by atoms with Gasteiger partial charge in [-0.15, -0.1) is 0 Å². The summed E-state index contributed by atoms with van der Waals surface area (Å²) in [5.41, 5.74) is 0.719. The van der Waals surface area contributed by atoms with Crippen LogP contribution in [0, 0.1) is 0 Å². The van der Waals surface area contributed by atoms with Gasteiger partial charge in [-0.1, -0.05) is 60.7 Å². The number of ether oxygens (including phenoxy) is 5. The van der Waals surface area contributed by atoms with Crippen molar-refractivity contribution in [3.8, 4) is 0 Å². The van der Waals surface area contributed by atoms with Gasteiger partial charge in [-0.3, -0.25) is 4.79 Å². The first kappa shape index (κ1) is 20.2. The van der Waals surface area contributed by atoms with Crippen LogP contribution in [0.1, 0.15) is 25.0 Å². The molecule has 2 aromatic rings. The summed E-state index contributed by atoms with van der Waals surface area (Å²) in [5.74, 6) is -0.802. The van der Waals surface area contributed by atoms with Crippen LogP contribution in [-0.4, -0.2) is 42.8 Å². The summed E-state index contributed by atoms with van der Waals surface area (Å²) in [6, 6.07) is 19.5. The molecular weight excluding hydrogens is 372 g/mol. The van der Waals surface area contributed by atoms with E-state index in [0.717, 1.165) is 17.4 Å². The van der Waals surface area contributed by atoms with Gasteiger partial charge in [0.1, 0.15) is 12.2 Å². The van der Waals surface area contributed by atoms with Crippen molar-refractivity contribution >= 4 is 6.29 Å². The van der Waals surface area contributed by atoms with Gasteiger partial charge in [0.25, 0.3) is 0 Å². The Morgan fingerprint density at radius 2 is 1.52 bits per heavy atom. The number of hydrogen-bond donors (Lipinski definition) is 0. The molecule has 0 bridgehead atoms. The SMILES string of the molecule is CC1(C)O[C@H]2OC(C=O)(COCc3ccccc3)[C@@H](OCc3ccccc3)[C@H]2O1. The van der Waals surface area contributed by atoms with Crippen LogP contribution in [0.3, 0.4) is 0 Å². The highest BCUT2D eigenvalue weighted by molar-refractivity contribution is 5.65. The first-order valence-corrected chi connectivity index (χ1v) is 9.78. The maximum atomic E-state index is 12.2. The van der Waals surface area contributed by atoms with E-state index in [1.54, 1.807) is 0 Å². The lowest BCUT2D eigenvalue weighted by molar-refractivity contribution is -0.246. The van der Waals surface area contributed by atoms with Gasteiger partial charge in [-0.05, 0) is 25.0 Å². The molecule has 2 aromatic carbocycles. The van der Waals surface area contributed by atoms with Crippen molar-refractivity contribution in [2.45, 2.75) is 56.9 Å². The van der Waals surface area contributed by atoms with Crippen molar-refractivity contribution in [3.63, 3.8) is 0 Å². The Balaban J connectivity index is 1.49. The Morgan fingerprint density at radius 3 is 2.14 bits per heavy atom. The average molecular weight is 398 g/mol. The number of hydrogen-bond acceptors (Lipinski definition) is 6. The molecule has 4 atom stereocenters. The third kappa shape index (κ3) is 4.42. The number of aldehydes is 1. The maximum absolute atomic E-state index is 12.2. The fourth-order valence-electron chi connectivity index (χ4n) is 3.76. The predicted molar refractivity (Wildman–Crippen MR) is 105 cm³/mol. The molecule has 6 heteroatoms. The highest BCUT2D eigenvalue weighted by Crippen LogP contribution is 2.43. The first-order chi connectivity index (χ1) is 14.0. The second-order valence-corrected chi connectivity index (χ2v) is 7.85. The van der Waals surface area contributed by atoms with Crippen molar-refractivity contribution in [3.05, 3.63) is 71.8 Å². The van der Waals surface area contributed by atoms with Crippen molar-refractivity contribution < 1.29 is 28.5 Å². The normalized spacial score (nSPS) is 30.2. The molecule has 2 aliphatic heterocycles. The van der Waals surface area contributed by atoms with Gasteiger partial charge in [-0.25, -0.2) is 0 Å². The van der Waals surface area contributed by atoms with Crippen LogP contribution < -0.4 is 0 Å². The molecule has 0 radical (unpaired) electrons. The van der Waals surface area contributed by atoms with Crippen LogP contribution in [0.2, 0.25) is 0 Å². The van der Waals surface area contributed by atoms with Crippen molar-refractivity contribution in [2.75, 3.05) is 6.61 Å². The minimum absolute atomic E-state index is 0.0466. The Bertz CT molecular complexity index is 809. The van der Waals surface area contributed by atoms with E-state index < -0.39 is 29.9 Å². The zero-order valence-corrected chi connectivity index (χ0v) is 16.7. The van der Waals surface area contributed by atoms with E-state index in [2.05, 4.69) is 0 Å². The molecule has 0 spiro atoms. The lowest BCUT2D eigenvalue weighted by Crippen LogP contribution is -2.51. The van der Waals surface area contributed by atoms with Crippen molar-refractivity contribution in [1.82, 2.24) is 0 Å². The Labute approximate surface area is 170 Å². The lowest BCUT2D eigenvalue weighted by Gasteiger charge is -2.32. The molecule has 0 amide bonds. The molecule has 2 saturated heterocycles. The van der Waals surface area contributed by atoms with Crippen LogP contribution in [0.15, 0.2) is 60.7 Å². The van der Waals surface area contributed by atoms with Crippen molar-refractivity contribution in [2.24, 2.45) is 0 Å². The van der Waals surface area contributed by atoms with Gasteiger partial charge in [-0.2, -0.15) is 0 Å². The van der Waals surface area contributed by atoms with E-state index in [1.165, 1.54) is 0 Å². The highest BCUT2D eigenvalue weighted by atomic mass is 16.8. The largest absolute Gasteiger partial charge is 0.373 e. The maximum Gasteiger partial charge on any atom is 0.191 e. The summed E-state index contributed by atoms with van der Waals surface area (Å²) in [6.45, 7) is 4.38. The summed E-state index contributed by atoms with van der Waals surface area (Å²) in [6.07, 6.45) is -1.09. The van der Waals surface area contributed by atoms with Gasteiger partial charge < -0.3 is 23.7 Å². The van der Waals surface area contributed by atoms with Crippen LogP contribution in [-0.2, 0) is 41.7 Å². The molecule has 6 nitrogen and oxygen atoms in total. The standard InChI is InChI=1S/C23H26O6/c1-22(2)27-19-20(26-14-18-11-7-4-8-12-18)23(15-24,29-21(19)28-22)16-25-13-17-9-5-3-6-10-17/h3-12,15,19-21H,13-14,16H2,1-2H3/t19-,20+,21+,23?/m1/s1. The van der Waals surface area contributed by atoms with Crippen LogP contribution in [0.25, 0.3) is 0 Å². The number of rotatable bonds is 8. The van der Waals surface area contributed by atoms with Crippen LogP contribution >= 0.6 is 0 Å². The molecule has 0 N–H and O–H groups in total. The topological polar surface area (TPSA) is 63.2 Å². The quantitative estimate of drug-likeness (QED) is 0.636. The molecule has 0 aromatic heterocycles. The molecule has 2 fully saturated rings. The zero-order valence-electron chi connectivity index (χ0n) is 16.7. The smallest absolute Gasteiger partial charge is 0.191 e. The van der Waals surface area contributed by atoms with Gasteiger partial charge in [0.05, 0.1) is 19.8 Å². The van der Waals surface area contributed by atoms with Gasteiger partial charge >= 0.3 is 0 Å². The highest BCUT2D eigenvalue weighted by Gasteiger charge is 2.63. The first-order valence-electron chi connectivity index (χ1n) is 9.78. The Kier molecular flexibility index (Phi) is 5.81. The molecule has 2 heterocycles. The van der Waals surface area contributed by atoms with Crippen molar-refractivity contribution in [1.29, 1.82) is 0 Å². The van der Waals surface area contributed by atoms with Crippen LogP contribution in [0.5, 0.6) is 0 Å². The zero-order chi connectivity index (χ0) is 20.3. The van der Waals surface area contributed by atoms with Gasteiger partial charge in [0.15, 0.2) is 24.0 Å². The Morgan fingerprint density at radius 1 is 0.897 bits per heavy atom. The van der Waals surface area contributed by atoms with Gasteiger partial charge in [0, 0.05) is 0 Å². The second-order valence-electron chi connectivity index (χ2n) is 7.85. The van der Waals surface area contributed by atoms with E-state index >= 15 is 0 Å². The van der Waals surface area contributed by atoms with E-state index in [0.29, 0.717) is 13.2 Å². The molecular formula is C23H26O6. The van der Waals surface area contributed by atoms with E-state index in [-0.39, 0.29) is 6.61 Å². The summed E-state index contributed by atoms with van der Waals surface area (Å²) in [4.78, 5) is 12.2. The second kappa shape index (κ2) is 8.34. The van der Waals surface area contributed by atoms with Crippen LogP contribution in [0.4, 0.5) is 0 Å². The number of carbonyl (C=O) groups excluding carboxylic acids is 1. The van der Waals surface area contributed by atoms with Gasteiger partial charge in [0.2, 0.25) is 0 Å². The predicted octanol–water partition coefficient (Wildman–Crippen LogP) is 3.23. The molecule has 0 aliphatic carbocycles. The summed E-state index contributed by atoms with van der Waals surface area (Å²) >= 11 is 0. The third-order valence-corrected chi connectivity index (χ3v) is 5.11. The summed E-state index contributed by atoms with van der Waals surface area (Å²) < 4.78 is 29.9. The molecule has 2 aliphatic rings. The van der Waals surface area contributed by atoms with E-state index in [9.17, 15) is 4.79 Å². The third-order valence-electron chi connectivity index (χ3n) is 5.11. The Hall–Kier alpha value is -2.09. The number of carbonyl (C=O) groups is 1. The number of fused-ring (bicyclic) bond motifs is 1. The molecule has 4 rings (SSSR count). The summed E-state index contributed by atoms with van der Waals surface area (Å²) in [5, 5.41) is 0. The molecule has 0 saturated carbocycles. The minimum atomic E-state index is -1.30. The van der Waals surface area contributed by atoms with E-state index in [1.807, 2.05) is 74.5 Å². The monoisotopic (exact) mass is 398 g/mol. The minimum Gasteiger partial charge on any atom is -0.373 e. The fraction of sp³-hybridized carbons (Fsp3) is 0.435. The molecule has 154 valence electrons. The average Bonchev–Trinajstić information content (AvgIpc) is 3.17. The molecule has 1 unspecified atom stereocenters. The van der Waals surface area contributed by atoms with E-state index in [4.69, 9.17) is 23.7 Å². The lowest BCUT2D eigenvalue weighted by atomic mass is 9.97. The fourth-order valence-corrected chi connectivity index (χ4v) is 3.76.